The molecule has 0 aliphatic rings. The fraction of sp³-hybridized carbons (Fsp3) is 0.143. The molecule has 11 heavy (non-hydrogen) atoms. The molecule has 4 heteroatoms. The van der Waals surface area contributed by atoms with Gasteiger partial charge in [-0.15, -0.1) is 0 Å². The zero-order chi connectivity index (χ0) is 8.43. The van der Waals surface area contributed by atoms with Gasteiger partial charge in [0.2, 0.25) is 0 Å². The summed E-state index contributed by atoms with van der Waals surface area (Å²) in [6, 6.07) is 3.80. The van der Waals surface area contributed by atoms with Gasteiger partial charge < -0.3 is 4.55 Å². The predicted octanol–water partition coefficient (Wildman–Crippen LogP) is 1.50. The summed E-state index contributed by atoms with van der Waals surface area (Å²) < 4.78 is 35.4. The van der Waals surface area contributed by atoms with Gasteiger partial charge in [-0.25, -0.2) is 8.78 Å². The highest BCUT2D eigenvalue weighted by atomic mass is 32.2. The van der Waals surface area contributed by atoms with Crippen molar-refractivity contribution in [3.8, 4) is 0 Å². The van der Waals surface area contributed by atoms with Crippen LogP contribution in [0.5, 0.6) is 0 Å². The Labute approximate surface area is 66.2 Å². The van der Waals surface area contributed by atoms with E-state index >= 15 is 0 Å². The molecule has 0 N–H and O–H groups in total. The summed E-state index contributed by atoms with van der Waals surface area (Å²) in [7, 11) is 0. The maximum Gasteiger partial charge on any atom is 0.158 e. The minimum atomic E-state index is -1.35. The molecule has 1 rings (SSSR count). The summed E-state index contributed by atoms with van der Waals surface area (Å²) >= 11 is -1.35. The van der Waals surface area contributed by atoms with Crippen molar-refractivity contribution in [1.82, 2.24) is 0 Å². The third-order valence-electron chi connectivity index (χ3n) is 1.11. The Hall–Kier alpha value is -0.610. The van der Waals surface area contributed by atoms with Gasteiger partial charge in [0.25, 0.3) is 0 Å². The minimum absolute atomic E-state index is 0.138. The van der Waals surface area contributed by atoms with Crippen molar-refractivity contribution in [3.05, 3.63) is 29.8 Å². The zero-order valence-corrected chi connectivity index (χ0v) is 6.54. The highest BCUT2D eigenvalue weighted by molar-refractivity contribution is 7.90. The van der Waals surface area contributed by atoms with Crippen LogP contribution in [0.2, 0.25) is 0 Å². The van der Waals surface area contributed by atoms with Crippen LogP contribution in [0.1, 0.15) is 0 Å². The van der Waals surface area contributed by atoms with Crippen LogP contribution in [0.4, 0.5) is 8.78 Å². The quantitative estimate of drug-likeness (QED) is 0.593. The summed E-state index contributed by atoms with van der Waals surface area (Å²) in [5, 5.41) is 0. The smallest absolute Gasteiger partial charge is 0.158 e. The maximum atomic E-state index is 12.4. The molecule has 59 valence electrons. The number of benzene rings is 1. The number of hydrogen-bond acceptors (Lipinski definition) is 1. The average molecular weight is 175 g/mol. The van der Waals surface area contributed by atoms with E-state index in [1.165, 1.54) is 6.26 Å². The van der Waals surface area contributed by atoms with Crippen LogP contribution in [0, 0.1) is 17.7 Å². The third-order valence-corrected chi connectivity index (χ3v) is 2.01. The van der Waals surface area contributed by atoms with E-state index < -0.39 is 22.8 Å². The standard InChI is InChI=1S/C7H5F2OS/c1-11(10)7-3-5(8)2-6(9)4-7/h3-4H,1H3. The normalized spacial score (nSPS) is 13.1. The Morgan fingerprint density at radius 1 is 1.36 bits per heavy atom. The lowest BCUT2D eigenvalue weighted by molar-refractivity contribution is 0.565. The lowest BCUT2D eigenvalue weighted by Gasteiger charge is -2.02. The molecule has 1 radical (unpaired) electrons. The van der Waals surface area contributed by atoms with Gasteiger partial charge in [-0.3, -0.25) is 0 Å². The van der Waals surface area contributed by atoms with Crippen LogP contribution < -0.4 is 0 Å². The third kappa shape index (κ3) is 2.17. The van der Waals surface area contributed by atoms with E-state index in [0.717, 1.165) is 12.1 Å². The Morgan fingerprint density at radius 3 is 2.18 bits per heavy atom. The molecule has 1 aromatic carbocycles. The lowest BCUT2D eigenvalue weighted by Crippen LogP contribution is -1.98. The van der Waals surface area contributed by atoms with Gasteiger partial charge >= 0.3 is 0 Å². The Kier molecular flexibility index (Phi) is 2.46. The first-order chi connectivity index (χ1) is 5.09. The summed E-state index contributed by atoms with van der Waals surface area (Å²) in [6.45, 7) is 0. The van der Waals surface area contributed by atoms with Gasteiger partial charge in [0.05, 0.1) is 6.07 Å². The van der Waals surface area contributed by atoms with E-state index in [1.54, 1.807) is 6.07 Å². The molecule has 1 atom stereocenters. The van der Waals surface area contributed by atoms with Crippen LogP contribution in [-0.2, 0) is 11.2 Å². The number of halogens is 2. The van der Waals surface area contributed by atoms with Gasteiger partial charge in [-0.1, -0.05) is 0 Å². The Bertz CT molecular complexity index is 242. The van der Waals surface area contributed by atoms with Crippen molar-refractivity contribution in [3.63, 3.8) is 0 Å². The molecule has 1 nitrogen and oxygen atoms in total. The molecule has 0 fully saturated rings. The highest BCUT2D eigenvalue weighted by Crippen LogP contribution is 2.12. The zero-order valence-electron chi connectivity index (χ0n) is 5.73. The molecule has 0 saturated carbocycles. The molecule has 0 saturated heterocycles. The number of rotatable bonds is 1. The van der Waals surface area contributed by atoms with Crippen LogP contribution >= 0.6 is 0 Å². The summed E-state index contributed by atoms with van der Waals surface area (Å²) in [4.78, 5) is 0.138. The molecule has 0 amide bonds. The van der Waals surface area contributed by atoms with E-state index in [4.69, 9.17) is 0 Å². The molecule has 0 heterocycles. The van der Waals surface area contributed by atoms with Crippen molar-refractivity contribution in [2.45, 2.75) is 4.90 Å². The second-order valence-electron chi connectivity index (χ2n) is 1.97. The summed E-state index contributed by atoms with van der Waals surface area (Å²) in [5.41, 5.74) is 0. The molecular formula is C7H5F2OS. The predicted molar refractivity (Wildman–Crippen MR) is 37.5 cm³/mol. The van der Waals surface area contributed by atoms with E-state index in [9.17, 15) is 13.3 Å². The first-order valence-electron chi connectivity index (χ1n) is 2.81. The molecule has 0 aliphatic heterocycles. The minimum Gasteiger partial charge on any atom is -0.612 e. The largest absolute Gasteiger partial charge is 0.612 e. The van der Waals surface area contributed by atoms with Crippen molar-refractivity contribution in [2.75, 3.05) is 6.26 Å². The molecule has 1 aromatic rings. The summed E-state index contributed by atoms with van der Waals surface area (Å²) in [5.74, 6) is -1.65. The molecule has 1 unspecified atom stereocenters. The fourth-order valence-electron chi connectivity index (χ4n) is 0.644. The first kappa shape index (κ1) is 8.49. The van der Waals surface area contributed by atoms with Crippen molar-refractivity contribution in [2.24, 2.45) is 0 Å². The maximum absolute atomic E-state index is 12.4. The van der Waals surface area contributed by atoms with Crippen LogP contribution in [0.15, 0.2) is 17.0 Å². The Morgan fingerprint density at radius 2 is 1.82 bits per heavy atom. The van der Waals surface area contributed by atoms with Gasteiger partial charge in [0.15, 0.2) is 4.90 Å². The molecule has 0 aromatic heterocycles. The SMILES string of the molecule is C[S+]([O-])c1cc(F)[c]c(F)c1. The van der Waals surface area contributed by atoms with Crippen molar-refractivity contribution >= 4 is 11.2 Å². The average Bonchev–Trinajstić information content (AvgIpc) is 1.85. The van der Waals surface area contributed by atoms with E-state index in [1.807, 2.05) is 0 Å². The van der Waals surface area contributed by atoms with E-state index in [2.05, 4.69) is 0 Å². The Balaban J connectivity index is 3.08. The number of hydrogen-bond donors (Lipinski definition) is 0. The fourth-order valence-corrected chi connectivity index (χ4v) is 1.18. The van der Waals surface area contributed by atoms with Gasteiger partial charge in [0, 0.05) is 12.1 Å². The first-order valence-corrected chi connectivity index (χ1v) is 4.37. The van der Waals surface area contributed by atoms with Crippen LogP contribution in [0.25, 0.3) is 0 Å². The van der Waals surface area contributed by atoms with Crippen LogP contribution in [0.3, 0.4) is 0 Å². The van der Waals surface area contributed by atoms with Crippen molar-refractivity contribution in [1.29, 1.82) is 0 Å². The van der Waals surface area contributed by atoms with E-state index in [0.29, 0.717) is 0 Å². The molecule has 0 bridgehead atoms. The second-order valence-corrected chi connectivity index (χ2v) is 3.35. The summed E-state index contributed by atoms with van der Waals surface area (Å²) in [6.07, 6.45) is 1.36. The monoisotopic (exact) mass is 175 g/mol. The topological polar surface area (TPSA) is 23.1 Å². The molecule has 0 aliphatic carbocycles. The van der Waals surface area contributed by atoms with E-state index in [-0.39, 0.29) is 4.90 Å². The van der Waals surface area contributed by atoms with Gasteiger partial charge in [-0.05, 0) is 11.2 Å². The molecular weight excluding hydrogens is 170 g/mol. The molecule has 0 spiro atoms. The highest BCUT2D eigenvalue weighted by Gasteiger charge is 2.08. The van der Waals surface area contributed by atoms with Gasteiger partial charge in [-0.2, -0.15) is 0 Å². The second kappa shape index (κ2) is 3.19. The van der Waals surface area contributed by atoms with Gasteiger partial charge in [0.1, 0.15) is 17.9 Å². The van der Waals surface area contributed by atoms with Crippen molar-refractivity contribution < 1.29 is 13.3 Å². The lowest BCUT2D eigenvalue weighted by atomic mass is 10.3. The van der Waals surface area contributed by atoms with Crippen LogP contribution in [-0.4, -0.2) is 10.8 Å².